The van der Waals surface area contributed by atoms with Gasteiger partial charge < -0.3 is 10.1 Å². The fraction of sp³-hybridized carbons (Fsp3) is 0.556. The summed E-state index contributed by atoms with van der Waals surface area (Å²) in [5, 5.41) is 3.79. The summed E-state index contributed by atoms with van der Waals surface area (Å²) in [6, 6.07) is 2.48. The quantitative estimate of drug-likeness (QED) is 0.654. The maximum atomic E-state index is 5.07. The molecular weight excluding hydrogens is 325 g/mol. The number of thioether (sulfide) groups is 1. The summed E-state index contributed by atoms with van der Waals surface area (Å²) in [5.74, 6) is 1.13. The van der Waals surface area contributed by atoms with Crippen LogP contribution in [0.25, 0.3) is 0 Å². The number of hydrogen-bond donors (Lipinski definition) is 1. The average molecular weight is 337 g/mol. The summed E-state index contributed by atoms with van der Waals surface area (Å²) < 4.78 is 6.00. The molecule has 1 saturated heterocycles. The molecule has 0 amide bonds. The third kappa shape index (κ3) is 2.94. The zero-order valence-electron chi connectivity index (χ0n) is 8.36. The van der Waals surface area contributed by atoms with Crippen molar-refractivity contribution in [3.8, 4) is 6.01 Å². The fourth-order valence-electron chi connectivity index (χ4n) is 1.43. The Bertz CT molecular complexity index is 344. The summed E-state index contributed by atoms with van der Waals surface area (Å²) >= 11 is 4.12. The molecule has 1 N–H and O–H groups in total. The van der Waals surface area contributed by atoms with Crippen molar-refractivity contribution in [1.82, 2.24) is 15.3 Å². The number of rotatable bonds is 2. The van der Waals surface area contributed by atoms with Crippen molar-refractivity contribution in [3.63, 3.8) is 0 Å². The molecule has 1 aromatic heterocycles. The molecule has 1 atom stereocenters. The van der Waals surface area contributed by atoms with Gasteiger partial charge >= 0.3 is 6.01 Å². The molecule has 4 nitrogen and oxygen atoms in total. The lowest BCUT2D eigenvalue weighted by atomic mass is 10.3. The number of halogens is 1. The van der Waals surface area contributed by atoms with Crippen molar-refractivity contribution in [1.29, 1.82) is 0 Å². The predicted octanol–water partition coefficient (Wildman–Crippen LogP) is 1.47. The van der Waals surface area contributed by atoms with Crippen molar-refractivity contribution in [2.24, 2.45) is 0 Å². The van der Waals surface area contributed by atoms with Crippen LogP contribution in [-0.2, 0) is 0 Å². The minimum Gasteiger partial charge on any atom is -0.467 e. The van der Waals surface area contributed by atoms with E-state index in [0.717, 1.165) is 28.2 Å². The lowest BCUT2D eigenvalue weighted by Crippen LogP contribution is -2.28. The third-order valence-electron chi connectivity index (χ3n) is 2.13. The van der Waals surface area contributed by atoms with E-state index in [1.807, 2.05) is 17.8 Å². The molecule has 0 saturated carbocycles. The standard InChI is InChI=1S/C9H12IN3OS/c1-14-9-12-6(4-8(10)13-9)7-5-11-2-3-15-7/h4,7,11H,2-3,5H2,1H3. The summed E-state index contributed by atoms with van der Waals surface area (Å²) in [6.07, 6.45) is 0. The summed E-state index contributed by atoms with van der Waals surface area (Å²) in [7, 11) is 1.60. The van der Waals surface area contributed by atoms with Gasteiger partial charge in [0, 0.05) is 18.8 Å². The van der Waals surface area contributed by atoms with Crippen LogP contribution in [-0.4, -0.2) is 35.9 Å². The van der Waals surface area contributed by atoms with Crippen molar-refractivity contribution in [3.05, 3.63) is 15.5 Å². The Morgan fingerprint density at radius 2 is 2.47 bits per heavy atom. The van der Waals surface area contributed by atoms with Gasteiger partial charge in [-0.3, -0.25) is 0 Å². The zero-order valence-corrected chi connectivity index (χ0v) is 11.3. The molecular formula is C9H12IN3OS. The molecule has 2 heterocycles. The molecule has 0 bridgehead atoms. The first-order valence-electron chi connectivity index (χ1n) is 4.70. The molecule has 6 heteroatoms. The number of aromatic nitrogens is 2. The predicted molar refractivity (Wildman–Crippen MR) is 69.4 cm³/mol. The molecule has 15 heavy (non-hydrogen) atoms. The Hall–Kier alpha value is -0.0800. The number of nitrogens with one attached hydrogen (secondary N) is 1. The van der Waals surface area contributed by atoms with E-state index >= 15 is 0 Å². The van der Waals surface area contributed by atoms with Gasteiger partial charge in [0.2, 0.25) is 0 Å². The van der Waals surface area contributed by atoms with Crippen LogP contribution in [0.5, 0.6) is 6.01 Å². The first kappa shape index (κ1) is 11.4. The van der Waals surface area contributed by atoms with Gasteiger partial charge in [-0.2, -0.15) is 9.97 Å². The van der Waals surface area contributed by atoms with E-state index < -0.39 is 0 Å². The van der Waals surface area contributed by atoms with Crippen LogP contribution in [0.15, 0.2) is 6.07 Å². The van der Waals surface area contributed by atoms with E-state index in [1.54, 1.807) is 7.11 Å². The fourth-order valence-corrected chi connectivity index (χ4v) is 3.02. The van der Waals surface area contributed by atoms with Gasteiger partial charge in [-0.05, 0) is 28.7 Å². The van der Waals surface area contributed by atoms with Crippen molar-refractivity contribution >= 4 is 34.4 Å². The molecule has 0 aromatic carbocycles. The van der Waals surface area contributed by atoms with Crippen LogP contribution in [0.2, 0.25) is 0 Å². The van der Waals surface area contributed by atoms with Crippen molar-refractivity contribution in [2.45, 2.75) is 5.25 Å². The molecule has 1 aliphatic rings. The third-order valence-corrected chi connectivity index (χ3v) is 3.94. The topological polar surface area (TPSA) is 47.0 Å². The van der Waals surface area contributed by atoms with Gasteiger partial charge in [0.25, 0.3) is 0 Å². The number of ether oxygens (including phenoxy) is 1. The zero-order chi connectivity index (χ0) is 10.7. The highest BCUT2D eigenvalue weighted by Gasteiger charge is 2.18. The SMILES string of the molecule is COc1nc(I)cc(C2CNCCS2)n1. The normalized spacial score (nSPS) is 21.3. The summed E-state index contributed by atoms with van der Waals surface area (Å²) in [6.45, 7) is 2.06. The Balaban J connectivity index is 2.22. The molecule has 0 aliphatic carbocycles. The smallest absolute Gasteiger partial charge is 0.317 e. The van der Waals surface area contributed by atoms with Crippen LogP contribution in [0.4, 0.5) is 0 Å². The molecule has 0 spiro atoms. The number of methoxy groups -OCH3 is 1. The van der Waals surface area contributed by atoms with Gasteiger partial charge in [0.15, 0.2) is 0 Å². The lowest BCUT2D eigenvalue weighted by Gasteiger charge is -2.21. The minimum absolute atomic E-state index is 0.421. The van der Waals surface area contributed by atoms with E-state index in [4.69, 9.17) is 4.74 Å². The van der Waals surface area contributed by atoms with Crippen LogP contribution in [0.3, 0.4) is 0 Å². The van der Waals surface area contributed by atoms with E-state index in [1.165, 1.54) is 0 Å². The average Bonchev–Trinajstić information content (AvgIpc) is 2.29. The molecule has 1 aromatic rings. The first-order valence-corrected chi connectivity index (χ1v) is 6.83. The Morgan fingerprint density at radius 1 is 1.60 bits per heavy atom. The second-order valence-corrected chi connectivity index (χ2v) is 5.58. The monoisotopic (exact) mass is 337 g/mol. The molecule has 1 fully saturated rings. The summed E-state index contributed by atoms with van der Waals surface area (Å²) in [5.41, 5.74) is 1.06. The largest absolute Gasteiger partial charge is 0.467 e. The van der Waals surface area contributed by atoms with E-state index in [2.05, 4.69) is 37.9 Å². The molecule has 1 unspecified atom stereocenters. The molecule has 82 valence electrons. The Labute approximate surface area is 107 Å². The van der Waals surface area contributed by atoms with Crippen LogP contribution < -0.4 is 10.1 Å². The summed E-state index contributed by atoms with van der Waals surface area (Å²) in [4.78, 5) is 8.55. The maximum Gasteiger partial charge on any atom is 0.317 e. The van der Waals surface area contributed by atoms with Crippen LogP contribution >= 0.6 is 34.4 Å². The second kappa shape index (κ2) is 5.31. The highest BCUT2D eigenvalue weighted by atomic mass is 127. The van der Waals surface area contributed by atoms with E-state index in [0.29, 0.717) is 11.3 Å². The van der Waals surface area contributed by atoms with Crippen LogP contribution in [0, 0.1) is 3.70 Å². The van der Waals surface area contributed by atoms with Gasteiger partial charge in [-0.15, -0.1) is 11.8 Å². The van der Waals surface area contributed by atoms with Crippen molar-refractivity contribution in [2.75, 3.05) is 26.0 Å². The second-order valence-electron chi connectivity index (χ2n) is 3.17. The van der Waals surface area contributed by atoms with E-state index in [-0.39, 0.29) is 0 Å². The van der Waals surface area contributed by atoms with Gasteiger partial charge in [-0.25, -0.2) is 0 Å². The highest BCUT2D eigenvalue weighted by Crippen LogP contribution is 2.29. The molecule has 2 rings (SSSR count). The first-order chi connectivity index (χ1) is 7.29. The number of hydrogen-bond acceptors (Lipinski definition) is 5. The van der Waals surface area contributed by atoms with Gasteiger partial charge in [0.1, 0.15) is 3.70 Å². The lowest BCUT2D eigenvalue weighted by molar-refractivity contribution is 0.376. The van der Waals surface area contributed by atoms with Gasteiger partial charge in [0.05, 0.1) is 18.1 Å². The van der Waals surface area contributed by atoms with Gasteiger partial charge in [-0.1, -0.05) is 0 Å². The molecule has 1 aliphatic heterocycles. The molecule has 0 radical (unpaired) electrons. The maximum absolute atomic E-state index is 5.07. The Morgan fingerprint density at radius 3 is 3.13 bits per heavy atom. The van der Waals surface area contributed by atoms with Crippen molar-refractivity contribution < 1.29 is 4.74 Å². The highest BCUT2D eigenvalue weighted by molar-refractivity contribution is 14.1. The van der Waals surface area contributed by atoms with E-state index in [9.17, 15) is 0 Å². The minimum atomic E-state index is 0.421. The van der Waals surface area contributed by atoms with Crippen LogP contribution in [0.1, 0.15) is 10.9 Å². The Kier molecular flexibility index (Phi) is 4.04. The number of nitrogens with zero attached hydrogens (tertiary/aromatic N) is 2.